The monoisotopic (exact) mass is 290 g/mol. The molecule has 2 N–H and O–H groups in total. The number of benzene rings is 1. The van der Waals surface area contributed by atoms with Gasteiger partial charge in [-0.3, -0.25) is 4.79 Å². The zero-order valence-electron chi connectivity index (χ0n) is 11.9. The normalized spacial score (nSPS) is 16.2. The molecule has 1 aromatic rings. The van der Waals surface area contributed by atoms with Crippen LogP contribution >= 0.6 is 12.2 Å². The largest absolute Gasteiger partial charge is 0.393 e. The molecule has 1 aliphatic rings. The molecule has 0 heterocycles. The van der Waals surface area contributed by atoms with Gasteiger partial charge in [-0.15, -0.1) is 0 Å². The second-order valence-corrected chi connectivity index (χ2v) is 6.13. The van der Waals surface area contributed by atoms with Crippen LogP contribution in [0, 0.1) is 11.8 Å². The van der Waals surface area contributed by atoms with Crippen LogP contribution < -0.4 is 5.73 Å². The lowest BCUT2D eigenvalue weighted by molar-refractivity contribution is -0.132. The number of hydrogen-bond donors (Lipinski definition) is 1. The first-order chi connectivity index (χ1) is 9.58. The van der Waals surface area contributed by atoms with E-state index >= 15 is 0 Å². The molecule has 1 fully saturated rings. The maximum absolute atomic E-state index is 12.5. The van der Waals surface area contributed by atoms with Crippen LogP contribution in [0.25, 0.3) is 0 Å². The van der Waals surface area contributed by atoms with Crippen LogP contribution in [-0.4, -0.2) is 29.4 Å². The molecular formula is C16H22N2OS. The van der Waals surface area contributed by atoms with Gasteiger partial charge in [0.15, 0.2) is 0 Å². The van der Waals surface area contributed by atoms with Crippen LogP contribution in [0.2, 0.25) is 0 Å². The van der Waals surface area contributed by atoms with Crippen molar-refractivity contribution in [1.29, 1.82) is 0 Å². The highest BCUT2D eigenvalue weighted by Gasteiger charge is 2.28. The summed E-state index contributed by atoms with van der Waals surface area (Å²) < 4.78 is 0. The number of amides is 1. The summed E-state index contributed by atoms with van der Waals surface area (Å²) in [5.41, 5.74) is 6.88. The van der Waals surface area contributed by atoms with E-state index in [-0.39, 0.29) is 5.91 Å². The van der Waals surface area contributed by atoms with E-state index < -0.39 is 5.92 Å². The van der Waals surface area contributed by atoms with E-state index in [0.29, 0.717) is 17.3 Å². The van der Waals surface area contributed by atoms with E-state index in [1.165, 1.54) is 19.3 Å². The van der Waals surface area contributed by atoms with E-state index in [0.717, 1.165) is 12.1 Å². The van der Waals surface area contributed by atoms with Crippen molar-refractivity contribution >= 4 is 23.1 Å². The maximum atomic E-state index is 12.5. The van der Waals surface area contributed by atoms with E-state index in [1.54, 1.807) is 4.90 Å². The minimum Gasteiger partial charge on any atom is -0.393 e. The highest BCUT2D eigenvalue weighted by molar-refractivity contribution is 7.80. The smallest absolute Gasteiger partial charge is 0.232 e. The fourth-order valence-electron chi connectivity index (χ4n) is 2.58. The Morgan fingerprint density at radius 3 is 2.55 bits per heavy atom. The van der Waals surface area contributed by atoms with E-state index in [2.05, 4.69) is 0 Å². The Balaban J connectivity index is 1.99. The van der Waals surface area contributed by atoms with Crippen LogP contribution in [0.3, 0.4) is 0 Å². The van der Waals surface area contributed by atoms with Crippen molar-refractivity contribution in [1.82, 2.24) is 4.90 Å². The van der Waals surface area contributed by atoms with Gasteiger partial charge in [0.1, 0.15) is 0 Å². The number of hydrogen-bond acceptors (Lipinski definition) is 2. The summed E-state index contributed by atoms with van der Waals surface area (Å²) in [5, 5.41) is 0. The summed E-state index contributed by atoms with van der Waals surface area (Å²) in [6.07, 6.45) is 4.33. The Morgan fingerprint density at radius 1 is 1.40 bits per heavy atom. The molecule has 1 amide bonds. The summed E-state index contributed by atoms with van der Waals surface area (Å²) >= 11 is 5.10. The van der Waals surface area contributed by atoms with Gasteiger partial charge in [-0.1, -0.05) is 49.0 Å². The molecule has 1 saturated carbocycles. The van der Waals surface area contributed by atoms with Crippen molar-refractivity contribution in [3.05, 3.63) is 35.9 Å². The fraction of sp³-hybridized carbons (Fsp3) is 0.500. The number of nitrogens with zero attached hydrogens (tertiary/aromatic N) is 1. The molecule has 3 nitrogen and oxygen atoms in total. The fourth-order valence-corrected chi connectivity index (χ4v) is 2.76. The predicted molar refractivity (Wildman–Crippen MR) is 85.4 cm³/mol. The van der Waals surface area contributed by atoms with Crippen molar-refractivity contribution in [2.24, 2.45) is 17.6 Å². The maximum Gasteiger partial charge on any atom is 0.232 e. The summed E-state index contributed by atoms with van der Waals surface area (Å²) in [6.45, 7) is 0.826. The van der Waals surface area contributed by atoms with Gasteiger partial charge in [0.2, 0.25) is 5.91 Å². The lowest BCUT2D eigenvalue weighted by Gasteiger charge is -2.31. The Kier molecular flexibility index (Phi) is 5.12. The van der Waals surface area contributed by atoms with Gasteiger partial charge in [0.25, 0.3) is 0 Å². The van der Waals surface area contributed by atoms with Gasteiger partial charge in [0.05, 0.1) is 10.9 Å². The molecular weight excluding hydrogens is 268 g/mol. The average Bonchev–Trinajstić information content (AvgIpc) is 2.40. The number of carbonyl (C=O) groups is 1. The summed E-state index contributed by atoms with van der Waals surface area (Å²) in [6, 6.07) is 9.90. The van der Waals surface area contributed by atoms with Crippen LogP contribution in [0.1, 0.15) is 24.8 Å². The molecule has 1 aliphatic carbocycles. The SMILES string of the molecule is CN(CC1CCC1)C(=O)C(Cc1ccccc1)C(N)=S. The molecule has 2 rings (SSSR count). The number of nitrogens with two attached hydrogens (primary N) is 1. The third kappa shape index (κ3) is 3.79. The second-order valence-electron chi connectivity index (χ2n) is 5.66. The van der Waals surface area contributed by atoms with Crippen LogP contribution in [0.4, 0.5) is 0 Å². The lowest BCUT2D eigenvalue weighted by Crippen LogP contribution is -2.43. The van der Waals surface area contributed by atoms with Gasteiger partial charge in [-0.2, -0.15) is 0 Å². The number of carbonyl (C=O) groups excluding carboxylic acids is 1. The highest BCUT2D eigenvalue weighted by atomic mass is 32.1. The summed E-state index contributed by atoms with van der Waals surface area (Å²) in [4.78, 5) is 14.6. The molecule has 108 valence electrons. The first-order valence-corrected chi connectivity index (χ1v) is 7.57. The second kappa shape index (κ2) is 6.84. The highest BCUT2D eigenvalue weighted by Crippen LogP contribution is 2.27. The van der Waals surface area contributed by atoms with Crippen molar-refractivity contribution in [3.63, 3.8) is 0 Å². The molecule has 1 atom stereocenters. The van der Waals surface area contributed by atoms with Crippen molar-refractivity contribution in [2.75, 3.05) is 13.6 Å². The van der Waals surface area contributed by atoms with Gasteiger partial charge in [0, 0.05) is 13.6 Å². The topological polar surface area (TPSA) is 46.3 Å². The zero-order valence-corrected chi connectivity index (χ0v) is 12.7. The van der Waals surface area contributed by atoms with Gasteiger partial charge in [-0.25, -0.2) is 0 Å². The molecule has 0 aromatic heterocycles. The first kappa shape index (κ1) is 15.0. The molecule has 0 spiro atoms. The van der Waals surface area contributed by atoms with Crippen LogP contribution in [-0.2, 0) is 11.2 Å². The van der Waals surface area contributed by atoms with Crippen LogP contribution in [0.5, 0.6) is 0 Å². The van der Waals surface area contributed by atoms with E-state index in [4.69, 9.17) is 18.0 Å². The Labute approximate surface area is 126 Å². The minimum atomic E-state index is -0.391. The molecule has 1 aromatic carbocycles. The molecule has 0 saturated heterocycles. The van der Waals surface area contributed by atoms with E-state index in [9.17, 15) is 4.79 Å². The number of thiocarbonyl (C=S) groups is 1. The zero-order chi connectivity index (χ0) is 14.5. The third-order valence-corrected chi connectivity index (χ3v) is 4.34. The minimum absolute atomic E-state index is 0.0493. The third-order valence-electron chi connectivity index (χ3n) is 4.06. The Morgan fingerprint density at radius 2 is 2.05 bits per heavy atom. The van der Waals surface area contributed by atoms with Crippen molar-refractivity contribution in [2.45, 2.75) is 25.7 Å². The molecule has 4 heteroatoms. The Bertz CT molecular complexity index is 471. The van der Waals surface area contributed by atoms with Gasteiger partial charge in [-0.05, 0) is 30.7 Å². The summed E-state index contributed by atoms with van der Waals surface area (Å²) in [5.74, 6) is 0.318. The van der Waals surface area contributed by atoms with Crippen LogP contribution in [0.15, 0.2) is 30.3 Å². The first-order valence-electron chi connectivity index (χ1n) is 7.16. The quantitative estimate of drug-likeness (QED) is 0.818. The summed E-state index contributed by atoms with van der Waals surface area (Å²) in [7, 11) is 1.86. The Hall–Kier alpha value is -1.42. The molecule has 20 heavy (non-hydrogen) atoms. The average molecular weight is 290 g/mol. The number of rotatable bonds is 6. The van der Waals surface area contributed by atoms with Gasteiger partial charge >= 0.3 is 0 Å². The van der Waals surface area contributed by atoms with Crippen molar-refractivity contribution < 1.29 is 4.79 Å². The lowest BCUT2D eigenvalue weighted by atomic mass is 9.85. The molecule has 1 unspecified atom stereocenters. The predicted octanol–water partition coefficient (Wildman–Crippen LogP) is 2.39. The molecule has 0 bridgehead atoms. The van der Waals surface area contributed by atoms with Gasteiger partial charge < -0.3 is 10.6 Å². The van der Waals surface area contributed by atoms with Crippen molar-refractivity contribution in [3.8, 4) is 0 Å². The standard InChI is InChI=1S/C16H22N2OS/c1-18(11-13-8-5-9-13)16(19)14(15(17)20)10-12-6-3-2-4-7-12/h2-4,6-7,13-14H,5,8-11H2,1H3,(H2,17,20). The molecule has 0 radical (unpaired) electrons. The van der Waals surface area contributed by atoms with E-state index in [1.807, 2.05) is 37.4 Å². The molecule has 0 aliphatic heterocycles.